The Labute approximate surface area is 179 Å². The van der Waals surface area contributed by atoms with E-state index in [4.69, 9.17) is 14.0 Å². The van der Waals surface area contributed by atoms with Crippen molar-refractivity contribution < 1.29 is 22.4 Å². The maximum absolute atomic E-state index is 12.5. The lowest BCUT2D eigenvalue weighted by molar-refractivity contribution is 0.393. The summed E-state index contributed by atoms with van der Waals surface area (Å²) in [5.41, 5.74) is 1.75. The van der Waals surface area contributed by atoms with Gasteiger partial charge in [-0.1, -0.05) is 23.4 Å². The second kappa shape index (κ2) is 8.49. The van der Waals surface area contributed by atoms with Crippen LogP contribution >= 0.6 is 0 Å². The molecule has 8 nitrogen and oxygen atoms in total. The van der Waals surface area contributed by atoms with Gasteiger partial charge in [0.1, 0.15) is 11.5 Å². The Balaban J connectivity index is 1.55. The summed E-state index contributed by atoms with van der Waals surface area (Å²) in [7, 11) is -0.538. The van der Waals surface area contributed by atoms with Gasteiger partial charge in [-0.15, -0.1) is 0 Å². The van der Waals surface area contributed by atoms with Crippen LogP contribution in [0.4, 0.5) is 5.69 Å². The standard InChI is InChI=1S/C22H19N3O5S/c1-28-18-12-16(13-19(14-18)29-2)22-23-21(24-30-22)15-8-10-17(11-9-15)25-31(26,27)20-6-4-3-5-7-20/h3-14,25H,1-2H3. The maximum atomic E-state index is 12.5. The fourth-order valence-corrected chi connectivity index (χ4v) is 3.97. The van der Waals surface area contributed by atoms with Gasteiger partial charge in [-0.3, -0.25) is 4.72 Å². The third-order valence-electron chi connectivity index (χ3n) is 4.47. The van der Waals surface area contributed by atoms with Crippen LogP contribution in [0.15, 0.2) is 82.2 Å². The van der Waals surface area contributed by atoms with Crippen LogP contribution in [-0.4, -0.2) is 32.8 Å². The van der Waals surface area contributed by atoms with E-state index in [1.807, 2.05) is 0 Å². The van der Waals surface area contributed by atoms with Crippen molar-refractivity contribution in [2.24, 2.45) is 0 Å². The largest absolute Gasteiger partial charge is 0.497 e. The minimum atomic E-state index is -3.66. The van der Waals surface area contributed by atoms with Crippen molar-refractivity contribution in [1.82, 2.24) is 10.1 Å². The molecule has 0 fully saturated rings. The fourth-order valence-electron chi connectivity index (χ4n) is 2.89. The van der Waals surface area contributed by atoms with E-state index < -0.39 is 10.0 Å². The van der Waals surface area contributed by atoms with Crippen LogP contribution in [0.1, 0.15) is 0 Å². The normalized spacial score (nSPS) is 11.2. The fraction of sp³-hybridized carbons (Fsp3) is 0.0909. The maximum Gasteiger partial charge on any atom is 0.261 e. The van der Waals surface area contributed by atoms with Crippen LogP contribution in [0.25, 0.3) is 22.8 Å². The predicted molar refractivity (Wildman–Crippen MR) is 116 cm³/mol. The van der Waals surface area contributed by atoms with Crippen molar-refractivity contribution in [3.63, 3.8) is 0 Å². The molecule has 4 rings (SSSR count). The van der Waals surface area contributed by atoms with Gasteiger partial charge in [-0.2, -0.15) is 4.98 Å². The van der Waals surface area contributed by atoms with Gasteiger partial charge in [0.25, 0.3) is 15.9 Å². The highest BCUT2D eigenvalue weighted by Crippen LogP contribution is 2.30. The zero-order valence-corrected chi connectivity index (χ0v) is 17.6. The number of benzene rings is 3. The molecule has 0 bridgehead atoms. The molecule has 1 aromatic heterocycles. The Bertz CT molecular complexity index is 1260. The lowest BCUT2D eigenvalue weighted by Crippen LogP contribution is -2.12. The van der Waals surface area contributed by atoms with Gasteiger partial charge in [0.2, 0.25) is 5.82 Å². The molecule has 0 unspecified atom stereocenters. The van der Waals surface area contributed by atoms with Gasteiger partial charge in [-0.25, -0.2) is 8.42 Å². The minimum Gasteiger partial charge on any atom is -0.497 e. The second-order valence-electron chi connectivity index (χ2n) is 6.52. The summed E-state index contributed by atoms with van der Waals surface area (Å²) in [5, 5.41) is 4.02. The quantitative estimate of drug-likeness (QED) is 0.462. The Morgan fingerprint density at radius 2 is 1.48 bits per heavy atom. The third kappa shape index (κ3) is 4.51. The lowest BCUT2D eigenvalue weighted by Gasteiger charge is -2.08. The molecular weight excluding hydrogens is 418 g/mol. The first-order chi connectivity index (χ1) is 15.0. The summed E-state index contributed by atoms with van der Waals surface area (Å²) in [6, 6.07) is 20.1. The molecule has 1 heterocycles. The van der Waals surface area contributed by atoms with Crippen molar-refractivity contribution in [2.45, 2.75) is 4.90 Å². The summed E-state index contributed by atoms with van der Waals surface area (Å²) in [6.45, 7) is 0. The molecular formula is C22H19N3O5S. The molecule has 0 aliphatic carbocycles. The van der Waals surface area contributed by atoms with Crippen molar-refractivity contribution >= 4 is 15.7 Å². The number of hydrogen-bond donors (Lipinski definition) is 1. The van der Waals surface area contributed by atoms with E-state index in [0.29, 0.717) is 40.0 Å². The number of ether oxygens (including phenoxy) is 2. The molecule has 3 aromatic carbocycles. The summed E-state index contributed by atoms with van der Waals surface area (Å²) < 4.78 is 43.4. The first kappa shape index (κ1) is 20.4. The Kier molecular flexibility index (Phi) is 5.59. The van der Waals surface area contributed by atoms with Crippen LogP contribution in [0, 0.1) is 0 Å². The van der Waals surface area contributed by atoms with E-state index in [2.05, 4.69) is 14.9 Å². The van der Waals surface area contributed by atoms with Gasteiger partial charge in [0, 0.05) is 22.9 Å². The molecule has 1 N–H and O–H groups in total. The molecule has 158 valence electrons. The van der Waals surface area contributed by atoms with Crippen molar-refractivity contribution in [2.75, 3.05) is 18.9 Å². The molecule has 9 heteroatoms. The highest BCUT2D eigenvalue weighted by Gasteiger charge is 2.15. The highest BCUT2D eigenvalue weighted by atomic mass is 32.2. The van der Waals surface area contributed by atoms with E-state index in [-0.39, 0.29) is 4.90 Å². The van der Waals surface area contributed by atoms with E-state index in [0.717, 1.165) is 0 Å². The summed E-state index contributed by atoms with van der Waals surface area (Å²) in [5.74, 6) is 1.88. The van der Waals surface area contributed by atoms with Gasteiger partial charge >= 0.3 is 0 Å². The number of methoxy groups -OCH3 is 2. The van der Waals surface area contributed by atoms with Crippen molar-refractivity contribution in [3.05, 3.63) is 72.8 Å². The van der Waals surface area contributed by atoms with E-state index in [1.54, 1.807) is 74.9 Å². The number of hydrogen-bond acceptors (Lipinski definition) is 7. The summed E-state index contributed by atoms with van der Waals surface area (Å²) in [6.07, 6.45) is 0. The number of nitrogens with one attached hydrogen (secondary N) is 1. The smallest absolute Gasteiger partial charge is 0.261 e. The summed E-state index contributed by atoms with van der Waals surface area (Å²) >= 11 is 0. The average molecular weight is 437 g/mol. The second-order valence-corrected chi connectivity index (χ2v) is 8.20. The van der Waals surface area contributed by atoms with E-state index in [1.165, 1.54) is 12.1 Å². The lowest BCUT2D eigenvalue weighted by atomic mass is 10.2. The number of rotatable bonds is 7. The molecule has 0 atom stereocenters. The van der Waals surface area contributed by atoms with Crippen molar-refractivity contribution in [1.29, 1.82) is 0 Å². The topological polar surface area (TPSA) is 104 Å². The molecule has 4 aromatic rings. The minimum absolute atomic E-state index is 0.190. The molecule has 0 saturated carbocycles. The van der Waals surface area contributed by atoms with Gasteiger partial charge in [-0.05, 0) is 48.5 Å². The molecule has 0 aliphatic rings. The van der Waals surface area contributed by atoms with Gasteiger partial charge in [0.15, 0.2) is 0 Å². The zero-order valence-electron chi connectivity index (χ0n) is 16.8. The SMILES string of the molecule is COc1cc(OC)cc(-c2nc(-c3ccc(NS(=O)(=O)c4ccccc4)cc3)no2)c1. The third-order valence-corrected chi connectivity index (χ3v) is 5.87. The monoisotopic (exact) mass is 437 g/mol. The Hall–Kier alpha value is -3.85. The number of sulfonamides is 1. The Morgan fingerprint density at radius 1 is 0.839 bits per heavy atom. The number of aromatic nitrogens is 2. The highest BCUT2D eigenvalue weighted by molar-refractivity contribution is 7.92. The Morgan fingerprint density at radius 3 is 2.10 bits per heavy atom. The first-order valence-corrected chi connectivity index (χ1v) is 10.7. The molecule has 0 amide bonds. The number of anilines is 1. The molecule has 0 saturated heterocycles. The van der Waals surface area contributed by atoms with Crippen LogP contribution in [-0.2, 0) is 10.0 Å². The van der Waals surface area contributed by atoms with Crippen LogP contribution < -0.4 is 14.2 Å². The van der Waals surface area contributed by atoms with Gasteiger partial charge < -0.3 is 14.0 Å². The predicted octanol–water partition coefficient (Wildman–Crippen LogP) is 4.22. The molecule has 31 heavy (non-hydrogen) atoms. The van der Waals surface area contributed by atoms with Gasteiger partial charge in [0.05, 0.1) is 19.1 Å². The van der Waals surface area contributed by atoms with E-state index in [9.17, 15) is 8.42 Å². The van der Waals surface area contributed by atoms with Crippen LogP contribution in [0.2, 0.25) is 0 Å². The van der Waals surface area contributed by atoms with Crippen molar-refractivity contribution in [3.8, 4) is 34.3 Å². The zero-order chi connectivity index (χ0) is 21.8. The molecule has 0 radical (unpaired) electrons. The van der Waals surface area contributed by atoms with E-state index >= 15 is 0 Å². The number of nitrogens with zero attached hydrogens (tertiary/aromatic N) is 2. The van der Waals surface area contributed by atoms with Crippen LogP contribution in [0.5, 0.6) is 11.5 Å². The molecule has 0 aliphatic heterocycles. The summed E-state index contributed by atoms with van der Waals surface area (Å²) in [4.78, 5) is 4.62. The average Bonchev–Trinajstić information content (AvgIpc) is 3.30. The molecule has 0 spiro atoms. The first-order valence-electron chi connectivity index (χ1n) is 9.24. The van der Waals surface area contributed by atoms with Crippen LogP contribution in [0.3, 0.4) is 0 Å².